The van der Waals surface area contributed by atoms with Crippen LogP contribution in [0.15, 0.2) is 29.2 Å². The van der Waals surface area contributed by atoms with Crippen LogP contribution in [0.25, 0.3) is 0 Å². The number of carbonyl (C=O) groups is 1. The first-order valence-corrected chi connectivity index (χ1v) is 15.7. The van der Waals surface area contributed by atoms with Gasteiger partial charge in [0.15, 0.2) is 0 Å². The molecular weight excluding hydrogens is 488 g/mol. The van der Waals surface area contributed by atoms with E-state index in [1.165, 1.54) is 35.6 Å². The fourth-order valence-corrected chi connectivity index (χ4v) is 7.33. The summed E-state index contributed by atoms with van der Waals surface area (Å²) in [4.78, 5) is 15.2. The van der Waals surface area contributed by atoms with E-state index in [1.54, 1.807) is 7.05 Å². The van der Waals surface area contributed by atoms with Gasteiger partial charge in [-0.3, -0.25) is 9.10 Å². The third kappa shape index (κ3) is 6.18. The minimum Gasteiger partial charge on any atom is -0.339 e. The van der Waals surface area contributed by atoms with Crippen LogP contribution in [0.3, 0.4) is 0 Å². The topological polar surface area (TPSA) is 121 Å². The quantitative estimate of drug-likeness (QED) is 0.525. The molecule has 1 atom stereocenters. The predicted molar refractivity (Wildman–Crippen MR) is 138 cm³/mol. The van der Waals surface area contributed by atoms with Crippen molar-refractivity contribution in [2.75, 3.05) is 31.2 Å². The molecule has 0 aromatic heterocycles. The van der Waals surface area contributed by atoms with Crippen molar-refractivity contribution in [2.45, 2.75) is 81.3 Å². The molecule has 2 fully saturated rings. The van der Waals surface area contributed by atoms with Crippen LogP contribution in [0.1, 0.15) is 58.3 Å². The molecule has 1 aromatic rings. The summed E-state index contributed by atoms with van der Waals surface area (Å²) in [6.45, 7) is 2.68. The van der Waals surface area contributed by atoms with Crippen molar-refractivity contribution >= 4 is 31.6 Å². The first-order valence-electron chi connectivity index (χ1n) is 12.5. The molecule has 0 spiro atoms. The highest BCUT2D eigenvalue weighted by atomic mass is 32.2. The minimum absolute atomic E-state index is 0.0305. The van der Waals surface area contributed by atoms with Crippen LogP contribution in [-0.4, -0.2) is 77.0 Å². The van der Waals surface area contributed by atoms with Gasteiger partial charge in [0, 0.05) is 32.7 Å². The van der Waals surface area contributed by atoms with Crippen LogP contribution in [0.5, 0.6) is 0 Å². The number of hydrogen-bond donors (Lipinski definition) is 1. The maximum Gasteiger partial charge on any atom is 0.243 e. The fourth-order valence-electron chi connectivity index (χ4n) is 5.41. The first-order chi connectivity index (χ1) is 16.4. The second-order valence-electron chi connectivity index (χ2n) is 9.90. The van der Waals surface area contributed by atoms with Gasteiger partial charge in [-0.15, -0.1) is 0 Å². The summed E-state index contributed by atoms with van der Waals surface area (Å²) in [5, 5.41) is 0. The van der Waals surface area contributed by atoms with E-state index in [-0.39, 0.29) is 22.8 Å². The van der Waals surface area contributed by atoms with Crippen LogP contribution in [0.4, 0.5) is 5.69 Å². The van der Waals surface area contributed by atoms with E-state index in [1.807, 2.05) is 11.8 Å². The number of benzene rings is 1. The zero-order chi connectivity index (χ0) is 26.0. The molecular formula is C24H40N4O5S2. The molecule has 198 valence electrons. The lowest BCUT2D eigenvalue weighted by Gasteiger charge is -2.38. The predicted octanol–water partition coefficient (Wildman–Crippen LogP) is 2.38. The van der Waals surface area contributed by atoms with Gasteiger partial charge in [0.25, 0.3) is 0 Å². The summed E-state index contributed by atoms with van der Waals surface area (Å²) in [5.41, 5.74) is 6.83. The van der Waals surface area contributed by atoms with Crippen LogP contribution in [-0.2, 0) is 24.8 Å². The van der Waals surface area contributed by atoms with Gasteiger partial charge in [-0.1, -0.05) is 12.8 Å². The van der Waals surface area contributed by atoms with E-state index in [0.29, 0.717) is 44.0 Å². The molecule has 3 rings (SSSR count). The molecule has 35 heavy (non-hydrogen) atoms. The third-order valence-electron chi connectivity index (χ3n) is 7.81. The normalized spacial score (nSPS) is 22.8. The average molecular weight is 529 g/mol. The van der Waals surface area contributed by atoms with Crippen molar-refractivity contribution in [3.8, 4) is 0 Å². The summed E-state index contributed by atoms with van der Waals surface area (Å²) >= 11 is 0. The van der Waals surface area contributed by atoms with Crippen LogP contribution in [0, 0.1) is 5.92 Å². The number of hydrogen-bond acceptors (Lipinski definition) is 6. The Hall–Kier alpha value is -1.69. The summed E-state index contributed by atoms with van der Waals surface area (Å²) in [6.07, 6.45) is 8.21. The molecule has 2 aliphatic carbocycles. The Labute approximate surface area is 210 Å². The third-order valence-corrected chi connectivity index (χ3v) is 10.9. The summed E-state index contributed by atoms with van der Waals surface area (Å²) in [5.74, 6) is 0.0825. The Balaban J connectivity index is 1.61. The monoisotopic (exact) mass is 528 g/mol. The van der Waals surface area contributed by atoms with Crippen molar-refractivity contribution in [3.05, 3.63) is 24.3 Å². The largest absolute Gasteiger partial charge is 0.339 e. The van der Waals surface area contributed by atoms with Crippen molar-refractivity contribution < 1.29 is 21.6 Å². The molecule has 0 aliphatic heterocycles. The van der Waals surface area contributed by atoms with Crippen LogP contribution < -0.4 is 10.0 Å². The second-order valence-corrected chi connectivity index (χ2v) is 13.9. The molecule has 1 unspecified atom stereocenters. The average Bonchev–Trinajstić information content (AvgIpc) is 3.37. The van der Waals surface area contributed by atoms with Crippen LogP contribution >= 0.6 is 0 Å². The molecule has 2 N–H and O–H groups in total. The molecule has 11 heteroatoms. The van der Waals surface area contributed by atoms with E-state index >= 15 is 0 Å². The van der Waals surface area contributed by atoms with E-state index in [9.17, 15) is 21.6 Å². The van der Waals surface area contributed by atoms with Gasteiger partial charge < -0.3 is 10.6 Å². The number of amides is 1. The van der Waals surface area contributed by atoms with Crippen LogP contribution in [0.2, 0.25) is 0 Å². The highest BCUT2D eigenvalue weighted by molar-refractivity contribution is 7.92. The maximum atomic E-state index is 13.2. The molecule has 0 saturated heterocycles. The van der Waals surface area contributed by atoms with Crippen molar-refractivity contribution in [1.82, 2.24) is 9.21 Å². The number of nitrogens with zero attached hydrogens (tertiary/aromatic N) is 3. The number of anilines is 1. The molecule has 1 amide bonds. The Morgan fingerprint density at radius 3 is 1.97 bits per heavy atom. The van der Waals surface area contributed by atoms with Gasteiger partial charge in [0.05, 0.1) is 22.9 Å². The van der Waals surface area contributed by atoms with E-state index in [2.05, 4.69) is 0 Å². The summed E-state index contributed by atoms with van der Waals surface area (Å²) < 4.78 is 52.4. The zero-order valence-corrected chi connectivity index (χ0v) is 22.9. The molecule has 0 heterocycles. The number of carbonyl (C=O) groups excluding carboxylic acids is 1. The zero-order valence-electron chi connectivity index (χ0n) is 21.3. The highest BCUT2D eigenvalue weighted by Crippen LogP contribution is 2.33. The van der Waals surface area contributed by atoms with Crippen molar-refractivity contribution in [3.63, 3.8) is 0 Å². The lowest BCUT2D eigenvalue weighted by molar-refractivity contribution is -0.136. The summed E-state index contributed by atoms with van der Waals surface area (Å²) in [7, 11) is -4.17. The number of rotatable bonds is 9. The van der Waals surface area contributed by atoms with E-state index in [4.69, 9.17) is 5.73 Å². The Morgan fingerprint density at radius 2 is 1.49 bits per heavy atom. The molecule has 2 saturated carbocycles. The van der Waals surface area contributed by atoms with Gasteiger partial charge in [0.2, 0.25) is 26.0 Å². The van der Waals surface area contributed by atoms with E-state index in [0.717, 1.165) is 36.2 Å². The van der Waals surface area contributed by atoms with Gasteiger partial charge in [-0.05, 0) is 75.6 Å². The summed E-state index contributed by atoms with van der Waals surface area (Å²) in [6, 6.07) is 5.44. The van der Waals surface area contributed by atoms with Gasteiger partial charge in [-0.25, -0.2) is 16.8 Å². The second kappa shape index (κ2) is 11.1. The SMILES string of the molecule is CCN(C(=O)C(N)C1CCC(N(C)S(=O)(=O)c2ccc(N(C)S(C)(=O)=O)cc2)CC1)C1CCCC1. The molecule has 1 aromatic carbocycles. The number of nitrogens with two attached hydrogens (primary N) is 1. The molecule has 0 bridgehead atoms. The first kappa shape index (κ1) is 27.9. The Kier molecular flexibility index (Phi) is 8.88. The molecule has 0 radical (unpaired) electrons. The number of likely N-dealkylation sites (N-methyl/N-ethyl adjacent to an activating group) is 1. The molecule has 2 aliphatic rings. The fraction of sp³-hybridized carbons (Fsp3) is 0.708. The number of sulfonamides is 2. The van der Waals surface area contributed by atoms with Gasteiger partial charge in [-0.2, -0.15) is 4.31 Å². The smallest absolute Gasteiger partial charge is 0.243 e. The van der Waals surface area contributed by atoms with Crippen molar-refractivity contribution in [1.29, 1.82) is 0 Å². The molecule has 9 nitrogen and oxygen atoms in total. The maximum absolute atomic E-state index is 13.2. The Morgan fingerprint density at radius 1 is 0.943 bits per heavy atom. The highest BCUT2D eigenvalue weighted by Gasteiger charge is 2.37. The minimum atomic E-state index is -3.74. The lowest BCUT2D eigenvalue weighted by atomic mass is 9.81. The van der Waals surface area contributed by atoms with E-state index < -0.39 is 26.1 Å². The van der Waals surface area contributed by atoms with Crippen molar-refractivity contribution in [2.24, 2.45) is 11.7 Å². The van der Waals surface area contributed by atoms with Gasteiger partial charge in [0.1, 0.15) is 0 Å². The standard InChI is InChI=1S/C24H40N4O5S2/c1-5-28(21-8-6-7-9-21)24(29)23(25)18-10-12-20(13-11-18)27(3)35(32,33)22-16-14-19(15-17-22)26(2)34(4,30)31/h14-18,20-21,23H,5-13,25H2,1-4H3. The lowest BCUT2D eigenvalue weighted by Crippen LogP contribution is -2.52. The Bertz CT molecular complexity index is 1080. The van der Waals surface area contributed by atoms with Gasteiger partial charge >= 0.3 is 0 Å².